The van der Waals surface area contributed by atoms with Gasteiger partial charge in [0.2, 0.25) is 11.8 Å². The van der Waals surface area contributed by atoms with Gasteiger partial charge in [-0.05, 0) is 66.6 Å². The number of alkyl carbamates (subject to hydrolysis) is 1. The molecule has 12 nitrogen and oxygen atoms in total. The molecule has 1 saturated heterocycles. The van der Waals surface area contributed by atoms with Gasteiger partial charge in [-0.2, -0.15) is 0 Å². The van der Waals surface area contributed by atoms with E-state index in [-0.39, 0.29) is 37.6 Å². The number of allylic oxidation sites excluding steroid dienone is 2. The molecule has 12 heteroatoms. The number of aliphatic hydroxyl groups excluding tert-OH is 1. The lowest BCUT2D eigenvalue weighted by Crippen LogP contribution is -2.59. The second kappa shape index (κ2) is 20.2. The Morgan fingerprint density at radius 2 is 1.59 bits per heavy atom. The SMILES string of the molecule is CC(C)C[C@H](NC(=O)C(Cc1c[nH]cn1)NC(=O)[C@H](Cc1cccc2ccccc12)NC(=O)OCc1ccccc1)[C@@H](O)CC(=O)C1(N2CCCCC2)C=CC=CC1. The third-order valence-electron chi connectivity index (χ3n) is 11.1. The molecule has 5 atom stereocenters. The number of hydrogen-bond acceptors (Lipinski definition) is 8. The van der Waals surface area contributed by atoms with Crippen molar-refractivity contribution in [3.63, 3.8) is 0 Å². The topological polar surface area (TPSA) is 166 Å². The Kier molecular flexibility index (Phi) is 14.6. The molecule has 0 bridgehead atoms. The number of amides is 3. The first-order valence-corrected chi connectivity index (χ1v) is 20.4. The van der Waals surface area contributed by atoms with Gasteiger partial charge in [0.15, 0.2) is 5.78 Å². The lowest BCUT2D eigenvalue weighted by molar-refractivity contribution is -0.133. The van der Waals surface area contributed by atoms with Crippen LogP contribution in [0, 0.1) is 5.92 Å². The first-order chi connectivity index (χ1) is 28.1. The van der Waals surface area contributed by atoms with E-state index in [0.29, 0.717) is 18.5 Å². The molecule has 3 amide bonds. The molecule has 0 saturated carbocycles. The van der Waals surface area contributed by atoms with Gasteiger partial charge in [0.1, 0.15) is 24.2 Å². The number of aromatic nitrogens is 2. The van der Waals surface area contributed by atoms with Crippen molar-refractivity contribution in [2.45, 2.75) is 102 Å². The highest BCUT2D eigenvalue weighted by Gasteiger charge is 2.43. The Morgan fingerprint density at radius 3 is 2.31 bits per heavy atom. The smallest absolute Gasteiger partial charge is 0.408 e. The second-order valence-electron chi connectivity index (χ2n) is 15.8. The molecule has 5 N–H and O–H groups in total. The van der Waals surface area contributed by atoms with Gasteiger partial charge in [-0.15, -0.1) is 0 Å². The number of hydrogen-bond donors (Lipinski definition) is 5. The van der Waals surface area contributed by atoms with E-state index in [1.165, 1.54) is 6.33 Å². The zero-order valence-corrected chi connectivity index (χ0v) is 33.4. The van der Waals surface area contributed by atoms with Gasteiger partial charge in [-0.1, -0.05) is 117 Å². The van der Waals surface area contributed by atoms with Crippen molar-refractivity contribution in [3.8, 4) is 0 Å². The van der Waals surface area contributed by atoms with E-state index >= 15 is 0 Å². The highest BCUT2D eigenvalue weighted by molar-refractivity contribution is 5.94. The number of piperidine rings is 1. The molecule has 4 aromatic rings. The van der Waals surface area contributed by atoms with Crippen molar-refractivity contribution in [1.29, 1.82) is 0 Å². The van der Waals surface area contributed by atoms with Crippen LogP contribution in [0.4, 0.5) is 4.79 Å². The van der Waals surface area contributed by atoms with E-state index in [9.17, 15) is 24.3 Å². The van der Waals surface area contributed by atoms with Crippen LogP contribution in [0.5, 0.6) is 0 Å². The molecule has 0 spiro atoms. The summed E-state index contributed by atoms with van der Waals surface area (Å²) in [5.74, 6) is -1.17. The fraction of sp³-hybridized carbons (Fsp3) is 0.413. The van der Waals surface area contributed by atoms with E-state index in [1.54, 1.807) is 6.20 Å². The number of nitrogens with zero attached hydrogens (tertiary/aromatic N) is 2. The number of aliphatic hydroxyl groups is 1. The molecule has 58 heavy (non-hydrogen) atoms. The summed E-state index contributed by atoms with van der Waals surface area (Å²) in [6.45, 7) is 5.60. The first kappa shape index (κ1) is 42.0. The predicted molar refractivity (Wildman–Crippen MR) is 223 cm³/mol. The van der Waals surface area contributed by atoms with Crippen LogP contribution in [-0.4, -0.2) is 86.5 Å². The molecular weight excluding hydrogens is 733 g/mol. The van der Waals surface area contributed by atoms with Crippen molar-refractivity contribution in [1.82, 2.24) is 30.8 Å². The Hall–Kier alpha value is -5.59. The lowest BCUT2D eigenvalue weighted by atomic mass is 9.80. The van der Waals surface area contributed by atoms with Crippen LogP contribution in [0.15, 0.2) is 110 Å². The van der Waals surface area contributed by atoms with E-state index in [0.717, 1.165) is 54.3 Å². The molecule has 6 rings (SSSR count). The summed E-state index contributed by atoms with van der Waals surface area (Å²) in [7, 11) is 0. The standard InChI is InChI=1S/C46H56N6O6/c1-32(2)25-38(41(53)28-42(54)46(21-10-4-11-22-46)52-23-12-5-13-24-52)49-44(56)40(27-36-29-47-31-48-36)50-43(55)39(51-45(57)58-30-33-15-6-3-7-16-33)26-35-19-14-18-34-17-8-9-20-37(34)35/h3-4,6-11,14-21,29,31-32,38-41,53H,5,12-13,22-28,30H2,1-2H3,(H,47,48)(H,49,56)(H,50,55)(H,51,57)/t38-,39-,40?,41-,46?/m0/s1. The molecule has 1 fully saturated rings. The summed E-state index contributed by atoms with van der Waals surface area (Å²) in [5, 5.41) is 22.3. The Balaban J connectivity index is 1.21. The molecule has 2 unspecified atom stereocenters. The molecule has 1 aliphatic carbocycles. The monoisotopic (exact) mass is 788 g/mol. The average molecular weight is 789 g/mol. The van der Waals surface area contributed by atoms with Crippen LogP contribution < -0.4 is 16.0 Å². The first-order valence-electron chi connectivity index (χ1n) is 20.4. The minimum absolute atomic E-state index is 0.00762. The summed E-state index contributed by atoms with van der Waals surface area (Å²) in [5.41, 5.74) is 1.30. The number of carbonyl (C=O) groups is 4. The summed E-state index contributed by atoms with van der Waals surface area (Å²) >= 11 is 0. The van der Waals surface area contributed by atoms with Gasteiger partial charge in [0.05, 0.1) is 24.2 Å². The second-order valence-corrected chi connectivity index (χ2v) is 15.8. The van der Waals surface area contributed by atoms with Crippen molar-refractivity contribution in [2.75, 3.05) is 13.1 Å². The number of H-pyrrole nitrogens is 1. The maximum Gasteiger partial charge on any atom is 0.408 e. The van der Waals surface area contributed by atoms with E-state index in [4.69, 9.17) is 4.74 Å². The number of carbonyl (C=O) groups excluding carboxylic acids is 4. The number of benzene rings is 3. The number of fused-ring (bicyclic) bond motifs is 1. The quantitative estimate of drug-likeness (QED) is 0.0855. The fourth-order valence-electron chi connectivity index (χ4n) is 8.03. The highest BCUT2D eigenvalue weighted by atomic mass is 16.5. The van der Waals surface area contributed by atoms with E-state index in [1.807, 2.05) is 111 Å². The van der Waals surface area contributed by atoms with Crippen LogP contribution in [0.2, 0.25) is 0 Å². The van der Waals surface area contributed by atoms with Crippen LogP contribution in [0.1, 0.15) is 69.2 Å². The van der Waals surface area contributed by atoms with Crippen molar-refractivity contribution < 1.29 is 29.0 Å². The van der Waals surface area contributed by atoms with Crippen molar-refractivity contribution >= 4 is 34.5 Å². The maximum atomic E-state index is 14.3. The van der Waals surface area contributed by atoms with Crippen LogP contribution in [0.25, 0.3) is 10.8 Å². The van der Waals surface area contributed by atoms with Gasteiger partial charge < -0.3 is 30.8 Å². The van der Waals surface area contributed by atoms with Crippen LogP contribution in [0.3, 0.4) is 0 Å². The summed E-state index contributed by atoms with van der Waals surface area (Å²) in [6.07, 6.45) is 13.0. The summed E-state index contributed by atoms with van der Waals surface area (Å²) in [6, 6.07) is 19.8. The number of aromatic amines is 1. The molecular formula is C46H56N6O6. The van der Waals surface area contributed by atoms with Crippen LogP contribution in [-0.2, 0) is 38.6 Å². The Morgan fingerprint density at radius 1 is 0.862 bits per heavy atom. The number of ketones is 1. The molecule has 2 heterocycles. The van der Waals surface area contributed by atoms with Gasteiger partial charge in [0.25, 0.3) is 0 Å². The van der Waals surface area contributed by atoms with Crippen molar-refractivity contribution in [3.05, 3.63) is 126 Å². The lowest BCUT2D eigenvalue weighted by Gasteiger charge is -2.44. The minimum Gasteiger partial charge on any atom is -0.445 e. The largest absolute Gasteiger partial charge is 0.445 e. The zero-order chi connectivity index (χ0) is 40.9. The maximum absolute atomic E-state index is 14.3. The number of ether oxygens (including phenoxy) is 1. The van der Waals surface area contributed by atoms with Crippen molar-refractivity contribution in [2.24, 2.45) is 5.92 Å². The van der Waals surface area contributed by atoms with Gasteiger partial charge in [0, 0.05) is 25.5 Å². The normalized spacial score (nSPS) is 18.9. The van der Waals surface area contributed by atoms with E-state index < -0.39 is 47.7 Å². The highest BCUT2D eigenvalue weighted by Crippen LogP contribution is 2.32. The van der Waals surface area contributed by atoms with Crippen LogP contribution >= 0.6 is 0 Å². The van der Waals surface area contributed by atoms with Gasteiger partial charge in [-0.3, -0.25) is 19.3 Å². The zero-order valence-electron chi connectivity index (χ0n) is 33.4. The molecule has 306 valence electrons. The summed E-state index contributed by atoms with van der Waals surface area (Å²) in [4.78, 5) is 65.6. The number of Topliss-reactive ketones (excluding diaryl/α,β-unsaturated/α-hetero) is 1. The Bertz CT molecular complexity index is 2040. The number of nitrogens with one attached hydrogen (secondary N) is 4. The average Bonchev–Trinajstić information content (AvgIpc) is 3.76. The molecule has 1 aromatic heterocycles. The molecule has 1 aliphatic heterocycles. The van der Waals surface area contributed by atoms with E-state index in [2.05, 4.69) is 30.8 Å². The summed E-state index contributed by atoms with van der Waals surface area (Å²) < 4.78 is 5.52. The molecule has 2 aliphatic rings. The number of imidazole rings is 1. The third-order valence-corrected chi connectivity index (χ3v) is 11.1. The third kappa shape index (κ3) is 11.1. The van der Waals surface area contributed by atoms with Gasteiger partial charge in [-0.25, -0.2) is 9.78 Å². The Labute approximate surface area is 340 Å². The minimum atomic E-state index is -1.18. The predicted octanol–water partition coefficient (Wildman–Crippen LogP) is 5.72. The molecule has 0 radical (unpaired) electrons. The van der Waals surface area contributed by atoms with Gasteiger partial charge >= 0.3 is 6.09 Å². The fourth-order valence-corrected chi connectivity index (χ4v) is 8.03. The number of likely N-dealkylation sites (tertiary alicyclic amines) is 1. The number of rotatable bonds is 18. The molecule has 3 aromatic carbocycles.